The van der Waals surface area contributed by atoms with Crippen LogP contribution in [0.25, 0.3) is 0 Å². The van der Waals surface area contributed by atoms with Crippen molar-refractivity contribution in [2.75, 3.05) is 13.1 Å². The number of primary amides is 1. The molecule has 0 radical (unpaired) electrons. The number of nitrogens with one attached hydrogen (secondary N) is 2. The molecule has 0 aliphatic carbocycles. The van der Waals surface area contributed by atoms with Gasteiger partial charge in [-0.25, -0.2) is 9.69 Å². The highest BCUT2D eigenvalue weighted by Crippen LogP contribution is 2.27. The van der Waals surface area contributed by atoms with Crippen LogP contribution in [0.2, 0.25) is 0 Å². The van der Waals surface area contributed by atoms with E-state index < -0.39 is 53.8 Å². The number of nitrogens with two attached hydrogens (primary N) is 1. The second-order valence-corrected chi connectivity index (χ2v) is 9.92. The molecule has 1 aromatic carbocycles. The van der Waals surface area contributed by atoms with Crippen molar-refractivity contribution in [1.82, 2.24) is 20.4 Å². The Bertz CT molecular complexity index is 1060. The molecule has 0 aromatic heterocycles. The van der Waals surface area contributed by atoms with E-state index >= 15 is 0 Å². The van der Waals surface area contributed by atoms with Gasteiger partial charge in [0, 0.05) is 13.0 Å². The van der Waals surface area contributed by atoms with Crippen LogP contribution in [0, 0.1) is 5.92 Å². The number of amides is 6. The predicted octanol–water partition coefficient (Wildman–Crippen LogP) is 0.438. The van der Waals surface area contributed by atoms with E-state index in [1.54, 1.807) is 24.3 Å². The number of carbonyl (C=O) groups excluding carboxylic acids is 6. The highest BCUT2D eigenvalue weighted by molar-refractivity contribution is 6.02. The molecule has 1 unspecified atom stereocenters. The second-order valence-electron chi connectivity index (χ2n) is 9.92. The first-order valence-electron chi connectivity index (χ1n) is 12.8. The summed E-state index contributed by atoms with van der Waals surface area (Å²) in [6.45, 7) is 3.64. The summed E-state index contributed by atoms with van der Waals surface area (Å²) in [7, 11) is 0. The monoisotopic (exact) mass is 529 g/mol. The fourth-order valence-corrected chi connectivity index (χ4v) is 4.70. The molecular formula is C26H35N5O7. The van der Waals surface area contributed by atoms with Crippen LogP contribution in [0.4, 0.5) is 4.79 Å². The van der Waals surface area contributed by atoms with Crippen LogP contribution in [0.15, 0.2) is 30.3 Å². The maximum Gasteiger partial charge on any atom is 0.417 e. The smallest absolute Gasteiger partial charge is 0.417 e. The summed E-state index contributed by atoms with van der Waals surface area (Å²) < 4.78 is 5.29. The van der Waals surface area contributed by atoms with Gasteiger partial charge in [-0.1, -0.05) is 44.2 Å². The van der Waals surface area contributed by atoms with Crippen LogP contribution in [-0.2, 0) is 35.3 Å². The number of benzene rings is 1. The van der Waals surface area contributed by atoms with Crippen molar-refractivity contribution < 1.29 is 33.5 Å². The first kappa shape index (κ1) is 28.6. The van der Waals surface area contributed by atoms with E-state index in [0.29, 0.717) is 19.3 Å². The molecule has 2 aliphatic rings. The number of carbonyl (C=O) groups is 6. The number of nitrogens with zero attached hydrogens (tertiary/aromatic N) is 2. The van der Waals surface area contributed by atoms with Crippen LogP contribution in [-0.4, -0.2) is 76.6 Å². The van der Waals surface area contributed by atoms with Crippen LogP contribution in [0.3, 0.4) is 0 Å². The molecular weight excluding hydrogens is 494 g/mol. The molecule has 12 nitrogen and oxygen atoms in total. The van der Waals surface area contributed by atoms with Gasteiger partial charge in [-0.2, -0.15) is 0 Å². The van der Waals surface area contributed by atoms with Crippen molar-refractivity contribution in [1.29, 1.82) is 0 Å². The molecule has 0 bridgehead atoms. The van der Waals surface area contributed by atoms with Crippen molar-refractivity contribution >= 4 is 35.6 Å². The first-order valence-corrected chi connectivity index (χ1v) is 12.8. The minimum atomic E-state index is -1.07. The van der Waals surface area contributed by atoms with Crippen LogP contribution in [0.1, 0.15) is 51.5 Å². The molecule has 2 heterocycles. The zero-order chi connectivity index (χ0) is 27.8. The second kappa shape index (κ2) is 13.0. The number of imide groups is 1. The minimum absolute atomic E-state index is 0.0119. The van der Waals surface area contributed by atoms with Gasteiger partial charge in [-0.05, 0) is 37.2 Å². The van der Waals surface area contributed by atoms with E-state index in [2.05, 4.69) is 10.6 Å². The van der Waals surface area contributed by atoms with E-state index in [4.69, 9.17) is 10.5 Å². The van der Waals surface area contributed by atoms with Gasteiger partial charge in [0.25, 0.3) is 0 Å². The third-order valence-corrected chi connectivity index (χ3v) is 6.51. The number of ether oxygens (including phenoxy) is 1. The summed E-state index contributed by atoms with van der Waals surface area (Å²) >= 11 is 0. The zero-order valence-corrected chi connectivity index (χ0v) is 21.7. The number of likely N-dealkylation sites (tertiary alicyclic amines) is 2. The lowest BCUT2D eigenvalue weighted by Crippen LogP contribution is -2.56. The topological polar surface area (TPSA) is 168 Å². The van der Waals surface area contributed by atoms with Crippen molar-refractivity contribution in [3.8, 4) is 0 Å². The van der Waals surface area contributed by atoms with Gasteiger partial charge < -0.3 is 26.0 Å². The fourth-order valence-electron chi connectivity index (χ4n) is 4.70. The lowest BCUT2D eigenvalue weighted by atomic mass is 10.0. The number of hydrogen-bond donors (Lipinski definition) is 3. The summed E-state index contributed by atoms with van der Waals surface area (Å²) in [4.78, 5) is 77.8. The van der Waals surface area contributed by atoms with E-state index in [1.807, 2.05) is 19.9 Å². The Morgan fingerprint density at radius 1 is 1.08 bits per heavy atom. The Labute approximate surface area is 221 Å². The molecule has 206 valence electrons. The van der Waals surface area contributed by atoms with Gasteiger partial charge in [-0.3, -0.25) is 24.0 Å². The van der Waals surface area contributed by atoms with E-state index in [1.165, 1.54) is 4.90 Å². The van der Waals surface area contributed by atoms with Gasteiger partial charge in [0.05, 0.1) is 6.54 Å². The maximum atomic E-state index is 13.5. The Morgan fingerprint density at radius 3 is 2.45 bits per heavy atom. The largest absolute Gasteiger partial charge is 0.444 e. The molecule has 1 aromatic rings. The third kappa shape index (κ3) is 7.30. The summed E-state index contributed by atoms with van der Waals surface area (Å²) in [5.41, 5.74) is 5.84. The molecule has 2 saturated heterocycles. The van der Waals surface area contributed by atoms with Crippen LogP contribution >= 0.6 is 0 Å². The van der Waals surface area contributed by atoms with Crippen LogP contribution < -0.4 is 16.4 Å². The average molecular weight is 530 g/mol. The number of hydrogen-bond acceptors (Lipinski definition) is 7. The molecule has 4 N–H and O–H groups in total. The molecule has 3 rings (SSSR count). The van der Waals surface area contributed by atoms with E-state index in [9.17, 15) is 28.8 Å². The highest BCUT2D eigenvalue weighted by atomic mass is 16.6. The molecule has 2 fully saturated rings. The Hall–Kier alpha value is -3.96. The molecule has 38 heavy (non-hydrogen) atoms. The van der Waals surface area contributed by atoms with Gasteiger partial charge in [-0.15, -0.1) is 0 Å². The summed E-state index contributed by atoms with van der Waals surface area (Å²) in [6.07, 6.45) is 0.472. The molecule has 6 amide bonds. The first-order chi connectivity index (χ1) is 18.1. The SMILES string of the molecule is CC(C)C[C@@H](NC(=O)[C@@H]1CCCN1C(=O)C1CCC(=O)N1C(=O)OCc1ccccc1)C(=O)NCC(N)=O. The van der Waals surface area contributed by atoms with Crippen molar-refractivity contribution in [3.05, 3.63) is 35.9 Å². The van der Waals surface area contributed by atoms with Crippen molar-refractivity contribution in [3.63, 3.8) is 0 Å². The minimum Gasteiger partial charge on any atom is -0.444 e. The molecule has 0 spiro atoms. The van der Waals surface area contributed by atoms with E-state index in [-0.39, 0.29) is 38.5 Å². The number of rotatable bonds is 10. The lowest BCUT2D eigenvalue weighted by molar-refractivity contribution is -0.144. The Balaban J connectivity index is 1.67. The quantitative estimate of drug-likeness (QED) is 0.395. The van der Waals surface area contributed by atoms with Gasteiger partial charge in [0.2, 0.25) is 29.5 Å². The lowest BCUT2D eigenvalue weighted by Gasteiger charge is -2.30. The molecule has 2 aliphatic heterocycles. The Kier molecular flexibility index (Phi) is 9.80. The Morgan fingerprint density at radius 2 is 1.79 bits per heavy atom. The average Bonchev–Trinajstić information content (AvgIpc) is 3.52. The summed E-state index contributed by atoms with van der Waals surface area (Å²) in [5, 5.41) is 5.11. The van der Waals surface area contributed by atoms with Crippen molar-refractivity contribution in [2.45, 2.75) is 70.7 Å². The molecule has 0 saturated carbocycles. The fraction of sp³-hybridized carbons (Fsp3) is 0.538. The summed E-state index contributed by atoms with van der Waals surface area (Å²) in [5.74, 6) is -2.73. The van der Waals surface area contributed by atoms with Crippen LogP contribution in [0.5, 0.6) is 0 Å². The maximum absolute atomic E-state index is 13.5. The van der Waals surface area contributed by atoms with Gasteiger partial charge >= 0.3 is 6.09 Å². The highest BCUT2D eigenvalue weighted by Gasteiger charge is 2.46. The standard InChI is InChI=1S/C26H35N5O7/c1-16(2)13-18(23(34)28-14-21(27)32)29-24(35)19-9-6-12-30(19)25(36)20-10-11-22(33)31(20)26(37)38-15-17-7-4-3-5-8-17/h3-5,7-8,16,18-20H,6,9-15H2,1-2H3,(H2,27,32)(H,28,34)(H,29,35)/t18-,19+,20?/m1/s1. The molecule has 3 atom stereocenters. The normalized spacial score (nSPS) is 19.8. The summed E-state index contributed by atoms with van der Waals surface area (Å²) in [6, 6.07) is 6.11. The van der Waals surface area contributed by atoms with Crippen molar-refractivity contribution in [2.24, 2.45) is 11.7 Å². The zero-order valence-electron chi connectivity index (χ0n) is 21.7. The third-order valence-electron chi connectivity index (χ3n) is 6.51. The van der Waals surface area contributed by atoms with Gasteiger partial charge in [0.1, 0.15) is 24.7 Å². The van der Waals surface area contributed by atoms with E-state index in [0.717, 1.165) is 10.5 Å². The van der Waals surface area contributed by atoms with Gasteiger partial charge in [0.15, 0.2) is 0 Å². The molecule has 12 heteroatoms. The predicted molar refractivity (Wildman–Crippen MR) is 135 cm³/mol.